The Morgan fingerprint density at radius 1 is 1.38 bits per heavy atom. The summed E-state index contributed by atoms with van der Waals surface area (Å²) in [5.74, 6) is 0.642. The number of aryl methyl sites for hydroxylation is 1. The third-order valence-corrected chi connectivity index (χ3v) is 3.08. The minimum Gasteiger partial charge on any atom is -0.330 e. The summed E-state index contributed by atoms with van der Waals surface area (Å²) in [6.07, 6.45) is 2.14. The van der Waals surface area contributed by atoms with Crippen molar-refractivity contribution in [3.63, 3.8) is 0 Å². The van der Waals surface area contributed by atoms with Gasteiger partial charge in [-0.3, -0.25) is 4.79 Å². The largest absolute Gasteiger partial charge is 0.330 e. The van der Waals surface area contributed by atoms with Crippen molar-refractivity contribution in [2.75, 3.05) is 6.54 Å². The first-order chi connectivity index (χ1) is 7.67. The van der Waals surface area contributed by atoms with E-state index in [9.17, 15) is 4.79 Å². The average molecular weight is 219 g/mol. The molecule has 0 radical (unpaired) electrons. The van der Waals surface area contributed by atoms with Crippen LogP contribution in [0.4, 0.5) is 0 Å². The maximum atomic E-state index is 11.8. The molecular weight excluding hydrogens is 198 g/mol. The van der Waals surface area contributed by atoms with Gasteiger partial charge in [0.25, 0.3) is 0 Å². The lowest BCUT2D eigenvalue weighted by Gasteiger charge is -2.11. The molecule has 0 saturated heterocycles. The number of rotatable bonds is 6. The third kappa shape index (κ3) is 3.78. The van der Waals surface area contributed by atoms with Gasteiger partial charge in [-0.15, -0.1) is 0 Å². The van der Waals surface area contributed by atoms with Crippen LogP contribution in [0, 0.1) is 12.8 Å². The van der Waals surface area contributed by atoms with Gasteiger partial charge in [0, 0.05) is 12.8 Å². The van der Waals surface area contributed by atoms with E-state index in [1.807, 2.05) is 31.2 Å². The van der Waals surface area contributed by atoms with Crippen molar-refractivity contribution in [2.24, 2.45) is 11.7 Å². The molecule has 2 heteroatoms. The summed E-state index contributed by atoms with van der Waals surface area (Å²) >= 11 is 0. The van der Waals surface area contributed by atoms with Gasteiger partial charge in [-0.05, 0) is 30.5 Å². The van der Waals surface area contributed by atoms with E-state index in [-0.39, 0.29) is 0 Å². The monoisotopic (exact) mass is 219 g/mol. The first-order valence-corrected chi connectivity index (χ1v) is 5.93. The fourth-order valence-electron chi connectivity index (χ4n) is 1.81. The van der Waals surface area contributed by atoms with Gasteiger partial charge >= 0.3 is 0 Å². The van der Waals surface area contributed by atoms with E-state index in [0.29, 0.717) is 31.1 Å². The molecule has 16 heavy (non-hydrogen) atoms. The van der Waals surface area contributed by atoms with Crippen molar-refractivity contribution in [2.45, 2.75) is 33.1 Å². The van der Waals surface area contributed by atoms with Crippen LogP contribution in [0.15, 0.2) is 24.3 Å². The quantitative estimate of drug-likeness (QED) is 0.798. The second-order valence-corrected chi connectivity index (χ2v) is 4.36. The zero-order valence-electron chi connectivity index (χ0n) is 10.2. The Hall–Kier alpha value is -1.15. The predicted octanol–water partition coefficient (Wildman–Crippen LogP) is 2.48. The number of nitrogens with two attached hydrogens (primary N) is 1. The SMILES string of the molecule is CCC(CN)CC(=O)Cc1ccccc1C. The Kier molecular flexibility index (Phi) is 5.20. The first-order valence-electron chi connectivity index (χ1n) is 5.93. The highest BCUT2D eigenvalue weighted by atomic mass is 16.1. The highest BCUT2D eigenvalue weighted by molar-refractivity contribution is 5.81. The molecule has 1 unspecified atom stereocenters. The topological polar surface area (TPSA) is 43.1 Å². The van der Waals surface area contributed by atoms with Crippen LogP contribution >= 0.6 is 0 Å². The molecule has 88 valence electrons. The van der Waals surface area contributed by atoms with Crippen molar-refractivity contribution < 1.29 is 4.79 Å². The van der Waals surface area contributed by atoms with Crippen LogP contribution in [0.2, 0.25) is 0 Å². The summed E-state index contributed by atoms with van der Waals surface area (Å²) in [4.78, 5) is 11.8. The van der Waals surface area contributed by atoms with Gasteiger partial charge in [0.1, 0.15) is 5.78 Å². The minimum absolute atomic E-state index is 0.298. The minimum atomic E-state index is 0.298. The van der Waals surface area contributed by atoms with Gasteiger partial charge < -0.3 is 5.73 Å². The molecule has 0 fully saturated rings. The highest BCUT2D eigenvalue weighted by Crippen LogP contribution is 2.12. The van der Waals surface area contributed by atoms with Crippen LogP contribution in [0.5, 0.6) is 0 Å². The normalized spacial score (nSPS) is 12.4. The molecule has 0 aliphatic rings. The van der Waals surface area contributed by atoms with Gasteiger partial charge in [-0.25, -0.2) is 0 Å². The number of hydrogen-bond donors (Lipinski definition) is 1. The molecule has 1 atom stereocenters. The molecule has 0 amide bonds. The molecule has 0 aliphatic carbocycles. The van der Waals surface area contributed by atoms with Gasteiger partial charge in [-0.1, -0.05) is 37.6 Å². The summed E-state index contributed by atoms with van der Waals surface area (Å²) in [6, 6.07) is 8.05. The number of ketones is 1. The molecule has 0 saturated carbocycles. The Labute approximate surface area is 97.9 Å². The van der Waals surface area contributed by atoms with Crippen molar-refractivity contribution in [3.8, 4) is 0 Å². The van der Waals surface area contributed by atoms with Crippen molar-refractivity contribution in [1.82, 2.24) is 0 Å². The van der Waals surface area contributed by atoms with Crippen LogP contribution in [0.3, 0.4) is 0 Å². The van der Waals surface area contributed by atoms with Crippen LogP contribution in [-0.2, 0) is 11.2 Å². The van der Waals surface area contributed by atoms with E-state index in [1.54, 1.807) is 0 Å². The van der Waals surface area contributed by atoms with Crippen LogP contribution in [-0.4, -0.2) is 12.3 Å². The lowest BCUT2D eigenvalue weighted by atomic mass is 9.95. The molecule has 0 bridgehead atoms. The second kappa shape index (κ2) is 6.44. The van der Waals surface area contributed by atoms with Crippen molar-refractivity contribution in [3.05, 3.63) is 35.4 Å². The van der Waals surface area contributed by atoms with E-state index in [4.69, 9.17) is 5.73 Å². The first kappa shape index (κ1) is 12.9. The standard InChI is InChI=1S/C14H21NO/c1-3-12(10-15)8-14(16)9-13-7-5-4-6-11(13)2/h4-7,12H,3,8-10,15H2,1-2H3. The summed E-state index contributed by atoms with van der Waals surface area (Å²) < 4.78 is 0. The number of carbonyl (C=O) groups excluding carboxylic acids is 1. The average Bonchev–Trinajstić information content (AvgIpc) is 2.29. The van der Waals surface area contributed by atoms with Crippen LogP contribution in [0.1, 0.15) is 30.9 Å². The number of carbonyl (C=O) groups is 1. The van der Waals surface area contributed by atoms with Gasteiger partial charge in [0.2, 0.25) is 0 Å². The Bertz CT molecular complexity index is 342. The summed E-state index contributed by atoms with van der Waals surface area (Å²) in [5.41, 5.74) is 7.93. The summed E-state index contributed by atoms with van der Waals surface area (Å²) in [6.45, 7) is 4.73. The maximum absolute atomic E-state index is 11.8. The fourth-order valence-corrected chi connectivity index (χ4v) is 1.81. The molecule has 1 aromatic carbocycles. The highest BCUT2D eigenvalue weighted by Gasteiger charge is 2.11. The molecule has 2 nitrogen and oxygen atoms in total. The fraction of sp³-hybridized carbons (Fsp3) is 0.500. The Morgan fingerprint density at radius 2 is 2.06 bits per heavy atom. The molecule has 1 aromatic rings. The van der Waals surface area contributed by atoms with Gasteiger partial charge in [0.05, 0.1) is 0 Å². The maximum Gasteiger partial charge on any atom is 0.137 e. The Morgan fingerprint density at radius 3 is 2.62 bits per heavy atom. The molecule has 0 heterocycles. The Balaban J connectivity index is 2.55. The van der Waals surface area contributed by atoms with E-state index >= 15 is 0 Å². The zero-order chi connectivity index (χ0) is 12.0. The lowest BCUT2D eigenvalue weighted by Crippen LogP contribution is -2.18. The molecule has 1 rings (SSSR count). The van der Waals surface area contributed by atoms with E-state index in [1.165, 1.54) is 5.56 Å². The van der Waals surface area contributed by atoms with Crippen molar-refractivity contribution in [1.29, 1.82) is 0 Å². The summed E-state index contributed by atoms with van der Waals surface area (Å²) in [7, 11) is 0. The van der Waals surface area contributed by atoms with E-state index in [0.717, 1.165) is 12.0 Å². The van der Waals surface area contributed by atoms with E-state index in [2.05, 4.69) is 6.92 Å². The van der Waals surface area contributed by atoms with Crippen molar-refractivity contribution >= 4 is 5.78 Å². The predicted molar refractivity (Wildman–Crippen MR) is 67.3 cm³/mol. The number of benzene rings is 1. The smallest absolute Gasteiger partial charge is 0.137 e. The number of Topliss-reactive ketones (excluding diaryl/α,β-unsaturated/α-hetero) is 1. The van der Waals surface area contributed by atoms with Crippen LogP contribution in [0.25, 0.3) is 0 Å². The third-order valence-electron chi connectivity index (χ3n) is 3.08. The number of hydrogen-bond acceptors (Lipinski definition) is 2. The van der Waals surface area contributed by atoms with Gasteiger partial charge in [-0.2, -0.15) is 0 Å². The van der Waals surface area contributed by atoms with E-state index < -0.39 is 0 Å². The van der Waals surface area contributed by atoms with Gasteiger partial charge in [0.15, 0.2) is 0 Å². The second-order valence-electron chi connectivity index (χ2n) is 4.36. The molecule has 0 spiro atoms. The lowest BCUT2D eigenvalue weighted by molar-refractivity contribution is -0.119. The molecular formula is C14H21NO. The molecule has 0 aromatic heterocycles. The summed E-state index contributed by atoms with van der Waals surface area (Å²) in [5, 5.41) is 0. The van der Waals surface area contributed by atoms with Crippen LogP contribution < -0.4 is 5.73 Å². The zero-order valence-corrected chi connectivity index (χ0v) is 10.2. The molecule has 0 aliphatic heterocycles. The molecule has 2 N–H and O–H groups in total.